The van der Waals surface area contributed by atoms with Crippen LogP contribution in [0.15, 0.2) is 18.2 Å². The zero-order chi connectivity index (χ0) is 14.8. The first kappa shape index (κ1) is 16.4. The lowest BCUT2D eigenvalue weighted by molar-refractivity contribution is 0.296. The third kappa shape index (κ3) is 5.99. The molecule has 1 aromatic carbocycles. The molecule has 0 saturated heterocycles. The maximum atomic E-state index is 5.87. The number of hydrogen-bond acceptors (Lipinski definition) is 3. The average Bonchev–Trinajstić information content (AvgIpc) is 2.43. The summed E-state index contributed by atoms with van der Waals surface area (Å²) in [6.45, 7) is 5.40. The number of ether oxygens (including phenoxy) is 2. The van der Waals surface area contributed by atoms with E-state index in [0.29, 0.717) is 13.2 Å². The lowest BCUT2D eigenvalue weighted by Crippen LogP contribution is -2.18. The summed E-state index contributed by atoms with van der Waals surface area (Å²) >= 11 is 0. The Labute approximate surface area is 122 Å². The first-order valence-corrected chi connectivity index (χ1v) is 7.25. The van der Waals surface area contributed by atoms with Crippen LogP contribution >= 0.6 is 0 Å². The molecule has 1 unspecified atom stereocenters. The molecule has 0 aliphatic heterocycles. The molecule has 20 heavy (non-hydrogen) atoms. The summed E-state index contributed by atoms with van der Waals surface area (Å²) in [7, 11) is 0. The standard InChI is InChI=1S/C17H25NO2/c1-4-6-7-11-20-17-13-16(19-10-5-2)9-8-15(17)12-14(3)18/h1,8-9,13-14H,5-7,10-12,18H2,2-3H3. The Kier molecular flexibility index (Phi) is 7.60. The molecule has 0 amide bonds. The highest BCUT2D eigenvalue weighted by Crippen LogP contribution is 2.26. The first-order chi connectivity index (χ1) is 9.67. The van der Waals surface area contributed by atoms with E-state index in [-0.39, 0.29) is 6.04 Å². The molecule has 0 radical (unpaired) electrons. The van der Waals surface area contributed by atoms with Gasteiger partial charge in [0.15, 0.2) is 0 Å². The topological polar surface area (TPSA) is 44.5 Å². The summed E-state index contributed by atoms with van der Waals surface area (Å²) in [6, 6.07) is 6.06. The molecular weight excluding hydrogens is 250 g/mol. The second kappa shape index (κ2) is 9.28. The Morgan fingerprint density at radius 2 is 2.10 bits per heavy atom. The first-order valence-electron chi connectivity index (χ1n) is 7.25. The van der Waals surface area contributed by atoms with Crippen molar-refractivity contribution in [3.63, 3.8) is 0 Å². The van der Waals surface area contributed by atoms with Crippen LogP contribution in [0.5, 0.6) is 11.5 Å². The third-order valence-corrected chi connectivity index (χ3v) is 2.78. The molecule has 0 fully saturated rings. The molecule has 1 atom stereocenters. The van der Waals surface area contributed by atoms with E-state index in [4.69, 9.17) is 21.6 Å². The van der Waals surface area contributed by atoms with Gasteiger partial charge in [0.25, 0.3) is 0 Å². The fourth-order valence-electron chi connectivity index (χ4n) is 1.85. The predicted molar refractivity (Wildman–Crippen MR) is 83.1 cm³/mol. The quantitative estimate of drug-likeness (QED) is 0.556. The van der Waals surface area contributed by atoms with Crippen LogP contribution in [-0.2, 0) is 6.42 Å². The summed E-state index contributed by atoms with van der Waals surface area (Å²) in [6.07, 6.45) is 8.60. The van der Waals surface area contributed by atoms with E-state index in [1.807, 2.05) is 25.1 Å². The van der Waals surface area contributed by atoms with Crippen LogP contribution < -0.4 is 15.2 Å². The van der Waals surface area contributed by atoms with E-state index in [1.54, 1.807) is 0 Å². The molecule has 0 aromatic heterocycles. The van der Waals surface area contributed by atoms with Gasteiger partial charge in [-0.05, 0) is 37.8 Å². The number of unbranched alkanes of at least 4 members (excludes halogenated alkanes) is 1. The van der Waals surface area contributed by atoms with Gasteiger partial charge in [0.2, 0.25) is 0 Å². The number of hydrogen-bond donors (Lipinski definition) is 1. The molecule has 0 aliphatic rings. The number of nitrogens with two attached hydrogens (primary N) is 1. The van der Waals surface area contributed by atoms with Gasteiger partial charge in [-0.3, -0.25) is 0 Å². The van der Waals surface area contributed by atoms with Gasteiger partial charge in [0.05, 0.1) is 13.2 Å². The lowest BCUT2D eigenvalue weighted by atomic mass is 10.1. The zero-order valence-electron chi connectivity index (χ0n) is 12.5. The minimum atomic E-state index is 0.102. The van der Waals surface area contributed by atoms with Gasteiger partial charge in [0, 0.05) is 18.5 Å². The molecule has 1 aromatic rings. The van der Waals surface area contributed by atoms with Crippen LogP contribution in [-0.4, -0.2) is 19.3 Å². The van der Waals surface area contributed by atoms with E-state index >= 15 is 0 Å². The van der Waals surface area contributed by atoms with Crippen molar-refractivity contribution in [2.45, 2.75) is 45.6 Å². The molecule has 2 N–H and O–H groups in total. The van der Waals surface area contributed by atoms with Gasteiger partial charge < -0.3 is 15.2 Å². The second-order valence-electron chi connectivity index (χ2n) is 4.96. The highest BCUT2D eigenvalue weighted by molar-refractivity contribution is 5.41. The molecule has 3 nitrogen and oxygen atoms in total. The fourth-order valence-corrected chi connectivity index (χ4v) is 1.85. The summed E-state index contributed by atoms with van der Waals surface area (Å²) in [5.41, 5.74) is 6.99. The van der Waals surface area contributed by atoms with Crippen molar-refractivity contribution >= 4 is 0 Å². The van der Waals surface area contributed by atoms with Crippen molar-refractivity contribution in [3.05, 3.63) is 23.8 Å². The SMILES string of the molecule is C#CCCCOc1cc(OCCC)ccc1CC(C)N. The Balaban J connectivity index is 2.74. The van der Waals surface area contributed by atoms with E-state index in [9.17, 15) is 0 Å². The molecule has 0 heterocycles. The largest absolute Gasteiger partial charge is 0.493 e. The Bertz CT molecular complexity index is 435. The van der Waals surface area contributed by atoms with Gasteiger partial charge in [-0.15, -0.1) is 12.3 Å². The van der Waals surface area contributed by atoms with Crippen molar-refractivity contribution < 1.29 is 9.47 Å². The number of rotatable bonds is 9. The Morgan fingerprint density at radius 3 is 2.75 bits per heavy atom. The smallest absolute Gasteiger partial charge is 0.126 e. The fraction of sp³-hybridized carbons (Fsp3) is 0.529. The predicted octanol–water partition coefficient (Wildman–Crippen LogP) is 3.16. The maximum absolute atomic E-state index is 5.87. The molecule has 0 aliphatic carbocycles. The van der Waals surface area contributed by atoms with Gasteiger partial charge in [0.1, 0.15) is 11.5 Å². The van der Waals surface area contributed by atoms with Gasteiger partial charge >= 0.3 is 0 Å². The molecule has 0 spiro atoms. The van der Waals surface area contributed by atoms with Crippen LogP contribution in [0, 0.1) is 12.3 Å². The Hall–Kier alpha value is -1.66. The number of terminal acetylenes is 1. The van der Waals surface area contributed by atoms with Crippen LogP contribution in [0.2, 0.25) is 0 Å². The summed E-state index contributed by atoms with van der Waals surface area (Å²) in [5.74, 6) is 4.31. The summed E-state index contributed by atoms with van der Waals surface area (Å²) in [5, 5.41) is 0. The average molecular weight is 275 g/mol. The highest BCUT2D eigenvalue weighted by Gasteiger charge is 2.08. The van der Waals surface area contributed by atoms with E-state index in [1.165, 1.54) is 0 Å². The van der Waals surface area contributed by atoms with E-state index in [0.717, 1.165) is 42.7 Å². The molecular formula is C17H25NO2. The highest BCUT2D eigenvalue weighted by atomic mass is 16.5. The normalized spacial score (nSPS) is 11.7. The minimum Gasteiger partial charge on any atom is -0.493 e. The van der Waals surface area contributed by atoms with Gasteiger partial charge in [-0.2, -0.15) is 0 Å². The van der Waals surface area contributed by atoms with Crippen molar-refractivity contribution in [2.24, 2.45) is 5.73 Å². The third-order valence-electron chi connectivity index (χ3n) is 2.78. The van der Waals surface area contributed by atoms with E-state index < -0.39 is 0 Å². The summed E-state index contributed by atoms with van der Waals surface area (Å²) in [4.78, 5) is 0. The van der Waals surface area contributed by atoms with Crippen molar-refractivity contribution in [1.29, 1.82) is 0 Å². The number of benzene rings is 1. The van der Waals surface area contributed by atoms with E-state index in [2.05, 4.69) is 12.8 Å². The van der Waals surface area contributed by atoms with Crippen LogP contribution in [0.25, 0.3) is 0 Å². The Morgan fingerprint density at radius 1 is 1.30 bits per heavy atom. The van der Waals surface area contributed by atoms with Crippen molar-refractivity contribution in [2.75, 3.05) is 13.2 Å². The zero-order valence-corrected chi connectivity index (χ0v) is 12.5. The van der Waals surface area contributed by atoms with Gasteiger partial charge in [-0.1, -0.05) is 13.0 Å². The van der Waals surface area contributed by atoms with Crippen molar-refractivity contribution in [3.8, 4) is 23.8 Å². The van der Waals surface area contributed by atoms with Crippen LogP contribution in [0.1, 0.15) is 38.7 Å². The molecule has 1 rings (SSSR count). The molecule has 110 valence electrons. The second-order valence-corrected chi connectivity index (χ2v) is 4.96. The van der Waals surface area contributed by atoms with Gasteiger partial charge in [-0.25, -0.2) is 0 Å². The summed E-state index contributed by atoms with van der Waals surface area (Å²) < 4.78 is 11.5. The molecule has 0 saturated carbocycles. The molecule has 3 heteroatoms. The monoisotopic (exact) mass is 275 g/mol. The minimum absolute atomic E-state index is 0.102. The van der Waals surface area contributed by atoms with Crippen LogP contribution in [0.3, 0.4) is 0 Å². The molecule has 0 bridgehead atoms. The lowest BCUT2D eigenvalue weighted by Gasteiger charge is -2.15. The van der Waals surface area contributed by atoms with Crippen LogP contribution in [0.4, 0.5) is 0 Å². The van der Waals surface area contributed by atoms with Crippen molar-refractivity contribution in [1.82, 2.24) is 0 Å². The maximum Gasteiger partial charge on any atom is 0.126 e.